The summed E-state index contributed by atoms with van der Waals surface area (Å²) in [7, 11) is 0. The molecular formula is C18H30N2O2. The topological polar surface area (TPSA) is 44.7 Å². The number of hydrogen-bond donors (Lipinski definition) is 2. The monoisotopic (exact) mass is 306 g/mol. The predicted octanol–water partition coefficient (Wildman–Crippen LogP) is 2.28. The van der Waals surface area contributed by atoms with E-state index in [1.807, 2.05) is 19.1 Å². The summed E-state index contributed by atoms with van der Waals surface area (Å²) in [6.45, 7) is 14.1. The van der Waals surface area contributed by atoms with E-state index in [1.54, 1.807) is 0 Å². The van der Waals surface area contributed by atoms with E-state index in [-0.39, 0.29) is 5.92 Å². The summed E-state index contributed by atoms with van der Waals surface area (Å²) >= 11 is 0. The third-order valence-electron chi connectivity index (χ3n) is 4.47. The van der Waals surface area contributed by atoms with Gasteiger partial charge in [0.05, 0.1) is 12.7 Å². The maximum absolute atomic E-state index is 10.8. The minimum Gasteiger partial charge on any atom is -0.494 e. The molecule has 2 rings (SSSR count). The lowest BCUT2D eigenvalue weighted by atomic mass is 9.90. The second-order valence-corrected chi connectivity index (χ2v) is 6.38. The normalized spacial score (nSPS) is 19.0. The highest BCUT2D eigenvalue weighted by Gasteiger charge is 2.23. The van der Waals surface area contributed by atoms with Crippen molar-refractivity contribution in [2.75, 3.05) is 39.3 Å². The number of aliphatic hydroxyl groups is 1. The van der Waals surface area contributed by atoms with Crippen molar-refractivity contribution in [3.63, 3.8) is 0 Å². The first kappa shape index (κ1) is 17.3. The zero-order valence-electron chi connectivity index (χ0n) is 14.4. The van der Waals surface area contributed by atoms with E-state index >= 15 is 0 Å². The SMILES string of the molecule is CCOc1cc(C)c(C(O)C(C)CN2CCNCC2)c(C)c1. The van der Waals surface area contributed by atoms with E-state index in [9.17, 15) is 5.11 Å². The van der Waals surface area contributed by atoms with Crippen LogP contribution < -0.4 is 10.1 Å². The highest BCUT2D eigenvalue weighted by molar-refractivity contribution is 5.42. The standard InChI is InChI=1S/C18H30N2O2/c1-5-22-16-10-13(2)17(14(3)11-16)18(21)15(4)12-20-8-6-19-7-9-20/h10-11,15,18-19,21H,5-9,12H2,1-4H3. The summed E-state index contributed by atoms with van der Waals surface area (Å²) in [6, 6.07) is 4.07. The van der Waals surface area contributed by atoms with Gasteiger partial charge in [-0.1, -0.05) is 6.92 Å². The van der Waals surface area contributed by atoms with Crippen molar-refractivity contribution in [3.8, 4) is 5.75 Å². The molecule has 1 saturated heterocycles. The molecule has 0 bridgehead atoms. The number of benzene rings is 1. The average molecular weight is 306 g/mol. The van der Waals surface area contributed by atoms with Crippen LogP contribution in [0.3, 0.4) is 0 Å². The molecule has 4 heteroatoms. The molecule has 1 aromatic rings. The van der Waals surface area contributed by atoms with Gasteiger partial charge in [-0.3, -0.25) is 0 Å². The summed E-state index contributed by atoms with van der Waals surface area (Å²) in [5, 5.41) is 14.2. The molecule has 0 radical (unpaired) electrons. The van der Waals surface area contributed by atoms with E-state index in [0.29, 0.717) is 6.61 Å². The molecule has 22 heavy (non-hydrogen) atoms. The largest absolute Gasteiger partial charge is 0.494 e. The lowest BCUT2D eigenvalue weighted by molar-refractivity contribution is 0.0832. The summed E-state index contributed by atoms with van der Waals surface area (Å²) in [5.74, 6) is 1.11. The molecule has 0 saturated carbocycles. The smallest absolute Gasteiger partial charge is 0.119 e. The molecule has 1 heterocycles. The second-order valence-electron chi connectivity index (χ2n) is 6.38. The summed E-state index contributed by atoms with van der Waals surface area (Å²) in [6.07, 6.45) is -0.425. The Hall–Kier alpha value is -1.10. The van der Waals surface area contributed by atoms with Gasteiger partial charge in [-0.2, -0.15) is 0 Å². The molecular weight excluding hydrogens is 276 g/mol. The van der Waals surface area contributed by atoms with Gasteiger partial charge in [0.1, 0.15) is 5.75 Å². The van der Waals surface area contributed by atoms with Crippen molar-refractivity contribution in [2.24, 2.45) is 5.92 Å². The lowest BCUT2D eigenvalue weighted by Gasteiger charge is -2.32. The predicted molar refractivity (Wildman–Crippen MR) is 90.5 cm³/mol. The molecule has 2 N–H and O–H groups in total. The van der Waals surface area contributed by atoms with Crippen LogP contribution in [0.2, 0.25) is 0 Å². The highest BCUT2D eigenvalue weighted by atomic mass is 16.5. The maximum Gasteiger partial charge on any atom is 0.119 e. The number of nitrogens with one attached hydrogen (secondary N) is 1. The van der Waals surface area contributed by atoms with Crippen molar-refractivity contribution in [1.29, 1.82) is 0 Å². The summed E-state index contributed by atoms with van der Waals surface area (Å²) < 4.78 is 5.59. The zero-order valence-corrected chi connectivity index (χ0v) is 14.4. The van der Waals surface area contributed by atoms with Crippen molar-refractivity contribution < 1.29 is 9.84 Å². The Kier molecular flexibility index (Phi) is 6.24. The van der Waals surface area contributed by atoms with Crippen LogP contribution >= 0.6 is 0 Å². The Labute approximate surface area is 134 Å². The number of ether oxygens (including phenoxy) is 1. The van der Waals surface area contributed by atoms with Gasteiger partial charge in [0.2, 0.25) is 0 Å². The molecule has 0 aliphatic carbocycles. The average Bonchev–Trinajstić information content (AvgIpc) is 2.47. The first-order valence-electron chi connectivity index (χ1n) is 8.38. The third-order valence-corrected chi connectivity index (χ3v) is 4.47. The van der Waals surface area contributed by atoms with Gasteiger partial charge in [0.15, 0.2) is 0 Å². The molecule has 1 aromatic carbocycles. The van der Waals surface area contributed by atoms with Crippen molar-refractivity contribution in [3.05, 3.63) is 28.8 Å². The Balaban J connectivity index is 2.08. The fourth-order valence-corrected chi connectivity index (χ4v) is 3.34. The molecule has 0 spiro atoms. The number of nitrogens with zero attached hydrogens (tertiary/aromatic N) is 1. The molecule has 1 fully saturated rings. The third kappa shape index (κ3) is 4.22. The minimum absolute atomic E-state index is 0.216. The second kappa shape index (κ2) is 7.95. The van der Waals surface area contributed by atoms with E-state index in [0.717, 1.165) is 55.2 Å². The Bertz CT molecular complexity index is 461. The van der Waals surface area contributed by atoms with Gasteiger partial charge in [-0.05, 0) is 55.5 Å². The summed E-state index contributed by atoms with van der Waals surface area (Å²) in [4.78, 5) is 2.43. The van der Waals surface area contributed by atoms with Crippen LogP contribution in [0, 0.1) is 19.8 Å². The van der Waals surface area contributed by atoms with Gasteiger partial charge in [0.25, 0.3) is 0 Å². The van der Waals surface area contributed by atoms with Crippen LogP contribution in [0.4, 0.5) is 0 Å². The van der Waals surface area contributed by atoms with Gasteiger partial charge in [0, 0.05) is 32.7 Å². The van der Waals surface area contributed by atoms with Crippen LogP contribution in [0.1, 0.15) is 36.6 Å². The molecule has 0 amide bonds. The van der Waals surface area contributed by atoms with E-state index in [2.05, 4.69) is 31.0 Å². The molecule has 4 nitrogen and oxygen atoms in total. The molecule has 0 aromatic heterocycles. The molecule has 124 valence electrons. The van der Waals surface area contributed by atoms with E-state index < -0.39 is 6.10 Å². The Morgan fingerprint density at radius 1 is 1.23 bits per heavy atom. The van der Waals surface area contributed by atoms with Crippen molar-refractivity contribution in [1.82, 2.24) is 10.2 Å². The van der Waals surface area contributed by atoms with Crippen LogP contribution in [0.25, 0.3) is 0 Å². The quantitative estimate of drug-likeness (QED) is 0.846. The van der Waals surface area contributed by atoms with E-state index in [1.165, 1.54) is 0 Å². The number of piperazine rings is 1. The number of aliphatic hydroxyl groups excluding tert-OH is 1. The van der Waals surface area contributed by atoms with Gasteiger partial charge < -0.3 is 20.1 Å². The van der Waals surface area contributed by atoms with E-state index in [4.69, 9.17) is 4.74 Å². The molecule has 2 unspecified atom stereocenters. The van der Waals surface area contributed by atoms with Crippen LogP contribution in [-0.2, 0) is 0 Å². The fraction of sp³-hybridized carbons (Fsp3) is 0.667. The zero-order chi connectivity index (χ0) is 16.1. The van der Waals surface area contributed by atoms with Crippen LogP contribution in [0.5, 0.6) is 5.75 Å². The van der Waals surface area contributed by atoms with Crippen molar-refractivity contribution in [2.45, 2.75) is 33.8 Å². The highest BCUT2D eigenvalue weighted by Crippen LogP contribution is 2.31. The minimum atomic E-state index is -0.425. The van der Waals surface area contributed by atoms with Gasteiger partial charge in [-0.15, -0.1) is 0 Å². The van der Waals surface area contributed by atoms with Crippen LogP contribution in [-0.4, -0.2) is 49.3 Å². The number of aryl methyl sites for hydroxylation is 2. The Morgan fingerprint density at radius 3 is 2.36 bits per heavy atom. The Morgan fingerprint density at radius 2 is 1.82 bits per heavy atom. The molecule has 2 atom stereocenters. The first-order chi connectivity index (χ1) is 10.5. The van der Waals surface area contributed by atoms with Gasteiger partial charge in [-0.25, -0.2) is 0 Å². The van der Waals surface area contributed by atoms with Gasteiger partial charge >= 0.3 is 0 Å². The first-order valence-corrected chi connectivity index (χ1v) is 8.38. The fourth-order valence-electron chi connectivity index (χ4n) is 3.34. The summed E-state index contributed by atoms with van der Waals surface area (Å²) in [5.41, 5.74) is 3.29. The molecule has 1 aliphatic rings. The molecule has 1 aliphatic heterocycles. The lowest BCUT2D eigenvalue weighted by Crippen LogP contribution is -2.45. The van der Waals surface area contributed by atoms with Crippen molar-refractivity contribution >= 4 is 0 Å². The maximum atomic E-state index is 10.8. The number of rotatable bonds is 6. The number of hydrogen-bond acceptors (Lipinski definition) is 4. The van der Waals surface area contributed by atoms with Crippen LogP contribution in [0.15, 0.2) is 12.1 Å².